The van der Waals surface area contributed by atoms with Crippen molar-refractivity contribution >= 4 is 21.9 Å². The van der Waals surface area contributed by atoms with E-state index in [0.29, 0.717) is 25.2 Å². The molecule has 9 heteroatoms. The Bertz CT molecular complexity index is 761. The van der Waals surface area contributed by atoms with Crippen LogP contribution in [0, 0.1) is 5.92 Å². The molecule has 142 valence electrons. The van der Waals surface area contributed by atoms with Crippen LogP contribution in [0.5, 0.6) is 0 Å². The Balaban J connectivity index is 1.69. The van der Waals surface area contributed by atoms with Crippen LogP contribution in [0.15, 0.2) is 30.3 Å². The van der Waals surface area contributed by atoms with Gasteiger partial charge in [-0.2, -0.15) is 0 Å². The highest BCUT2D eigenvalue weighted by atomic mass is 32.2. The van der Waals surface area contributed by atoms with Gasteiger partial charge in [-0.05, 0) is 24.3 Å². The summed E-state index contributed by atoms with van der Waals surface area (Å²) in [7, 11) is -3.64. The summed E-state index contributed by atoms with van der Waals surface area (Å²) in [4.78, 5) is 25.6. The minimum absolute atomic E-state index is 0.0730. The maximum Gasteiger partial charge on any atom is 0.331 e. The SMILES string of the molecule is O=C(O)C(c1ccccc1)N1CCC(NS(=O)(=O)CC2CCOC2)C1=O. The molecule has 0 saturated carbocycles. The number of rotatable bonds is 7. The van der Waals surface area contributed by atoms with Crippen molar-refractivity contribution in [1.29, 1.82) is 0 Å². The normalized spacial score (nSPS) is 24.8. The number of carboxylic acids is 1. The van der Waals surface area contributed by atoms with Crippen molar-refractivity contribution in [2.24, 2.45) is 5.92 Å². The topological polar surface area (TPSA) is 113 Å². The number of hydrogen-bond acceptors (Lipinski definition) is 5. The summed E-state index contributed by atoms with van der Waals surface area (Å²) < 4.78 is 32.3. The Morgan fingerprint density at radius 1 is 1.31 bits per heavy atom. The summed E-state index contributed by atoms with van der Waals surface area (Å²) in [6.07, 6.45) is 0.927. The number of nitrogens with zero attached hydrogens (tertiary/aromatic N) is 1. The number of carbonyl (C=O) groups is 2. The number of hydrogen-bond donors (Lipinski definition) is 2. The molecule has 1 amide bonds. The quantitative estimate of drug-likeness (QED) is 0.704. The molecule has 2 N–H and O–H groups in total. The highest BCUT2D eigenvalue weighted by molar-refractivity contribution is 7.89. The highest BCUT2D eigenvalue weighted by Crippen LogP contribution is 2.27. The first kappa shape index (κ1) is 18.8. The number of carbonyl (C=O) groups excluding carboxylic acids is 1. The number of benzene rings is 1. The average Bonchev–Trinajstić information content (AvgIpc) is 3.20. The van der Waals surface area contributed by atoms with Gasteiger partial charge in [0.2, 0.25) is 15.9 Å². The summed E-state index contributed by atoms with van der Waals surface area (Å²) in [5, 5.41) is 9.57. The van der Waals surface area contributed by atoms with E-state index in [9.17, 15) is 23.1 Å². The summed E-state index contributed by atoms with van der Waals surface area (Å²) in [6, 6.07) is 6.41. The molecule has 2 heterocycles. The fraction of sp³-hybridized carbons (Fsp3) is 0.529. The zero-order valence-corrected chi connectivity index (χ0v) is 15.0. The molecular formula is C17H22N2O6S. The van der Waals surface area contributed by atoms with Crippen LogP contribution >= 0.6 is 0 Å². The molecule has 1 aromatic carbocycles. The van der Waals surface area contributed by atoms with Gasteiger partial charge in [-0.15, -0.1) is 0 Å². The standard InChI is InChI=1S/C17H22N2O6S/c20-16-14(18-26(23,24)11-12-7-9-25-10-12)6-8-19(16)15(17(21)22)13-4-2-1-3-5-13/h1-5,12,14-15,18H,6-11H2,(H,21,22). The molecule has 26 heavy (non-hydrogen) atoms. The molecule has 3 unspecified atom stereocenters. The van der Waals surface area contributed by atoms with E-state index in [2.05, 4.69) is 4.72 Å². The van der Waals surface area contributed by atoms with Gasteiger partial charge in [-0.3, -0.25) is 4.79 Å². The molecule has 3 rings (SSSR count). The first-order valence-electron chi connectivity index (χ1n) is 8.53. The van der Waals surface area contributed by atoms with E-state index in [1.165, 1.54) is 4.90 Å². The molecule has 2 fully saturated rings. The first-order chi connectivity index (χ1) is 12.4. The molecule has 0 radical (unpaired) electrons. The number of likely N-dealkylation sites (tertiary alicyclic amines) is 1. The van der Waals surface area contributed by atoms with Crippen molar-refractivity contribution in [1.82, 2.24) is 9.62 Å². The van der Waals surface area contributed by atoms with Crippen LogP contribution in [0.25, 0.3) is 0 Å². The monoisotopic (exact) mass is 382 g/mol. The lowest BCUT2D eigenvalue weighted by atomic mass is 10.1. The number of nitrogens with one attached hydrogen (secondary N) is 1. The van der Waals surface area contributed by atoms with Gasteiger partial charge in [-0.25, -0.2) is 17.9 Å². The third-order valence-electron chi connectivity index (χ3n) is 4.70. The van der Waals surface area contributed by atoms with Crippen LogP contribution in [0.2, 0.25) is 0 Å². The van der Waals surface area contributed by atoms with Gasteiger partial charge in [0, 0.05) is 13.2 Å². The van der Waals surface area contributed by atoms with E-state index in [0.717, 1.165) is 0 Å². The van der Waals surface area contributed by atoms with E-state index in [1.807, 2.05) is 0 Å². The van der Waals surface area contributed by atoms with Gasteiger partial charge in [0.25, 0.3) is 0 Å². The molecule has 8 nitrogen and oxygen atoms in total. The second kappa shape index (κ2) is 7.73. The lowest BCUT2D eigenvalue weighted by Crippen LogP contribution is -2.45. The smallest absolute Gasteiger partial charge is 0.331 e. The van der Waals surface area contributed by atoms with Gasteiger partial charge >= 0.3 is 5.97 Å². The largest absolute Gasteiger partial charge is 0.479 e. The summed E-state index contributed by atoms with van der Waals surface area (Å²) in [5.41, 5.74) is 0.486. The second-order valence-electron chi connectivity index (χ2n) is 6.65. The molecular weight excluding hydrogens is 360 g/mol. The fourth-order valence-corrected chi connectivity index (χ4v) is 5.08. The van der Waals surface area contributed by atoms with Gasteiger partial charge in [-0.1, -0.05) is 30.3 Å². The van der Waals surface area contributed by atoms with Crippen molar-refractivity contribution in [3.05, 3.63) is 35.9 Å². The Labute approximate surface area is 152 Å². The summed E-state index contributed by atoms with van der Waals surface area (Å²) in [5.74, 6) is -1.81. The molecule has 0 bridgehead atoms. The van der Waals surface area contributed by atoms with Gasteiger partial charge in [0.1, 0.15) is 6.04 Å². The van der Waals surface area contributed by atoms with Gasteiger partial charge < -0.3 is 14.7 Å². The Kier molecular flexibility index (Phi) is 5.59. The van der Waals surface area contributed by atoms with E-state index >= 15 is 0 Å². The number of carboxylic acid groups (broad SMARTS) is 1. The van der Waals surface area contributed by atoms with Crippen LogP contribution in [0.4, 0.5) is 0 Å². The van der Waals surface area contributed by atoms with E-state index in [1.54, 1.807) is 30.3 Å². The molecule has 2 aliphatic heterocycles. The van der Waals surface area contributed by atoms with Crippen LogP contribution < -0.4 is 4.72 Å². The maximum absolute atomic E-state index is 12.7. The van der Waals surface area contributed by atoms with Crippen LogP contribution in [0.3, 0.4) is 0 Å². The van der Waals surface area contributed by atoms with Crippen molar-refractivity contribution in [2.45, 2.75) is 24.9 Å². The van der Waals surface area contributed by atoms with Gasteiger partial charge in [0.15, 0.2) is 6.04 Å². The molecule has 0 spiro atoms. The summed E-state index contributed by atoms with van der Waals surface area (Å²) >= 11 is 0. The Hall–Kier alpha value is -1.97. The van der Waals surface area contributed by atoms with Crippen LogP contribution in [0.1, 0.15) is 24.4 Å². The third kappa shape index (κ3) is 4.22. The van der Waals surface area contributed by atoms with E-state index < -0.39 is 34.0 Å². The van der Waals surface area contributed by atoms with Crippen molar-refractivity contribution in [2.75, 3.05) is 25.5 Å². The Morgan fingerprint density at radius 2 is 2.04 bits per heavy atom. The maximum atomic E-state index is 12.7. The minimum Gasteiger partial charge on any atom is -0.479 e. The molecule has 0 aromatic heterocycles. The Morgan fingerprint density at radius 3 is 2.65 bits per heavy atom. The molecule has 2 aliphatic rings. The number of sulfonamides is 1. The van der Waals surface area contributed by atoms with E-state index in [4.69, 9.17) is 4.74 Å². The molecule has 0 aliphatic carbocycles. The van der Waals surface area contributed by atoms with Crippen LogP contribution in [-0.4, -0.2) is 61.9 Å². The number of ether oxygens (including phenoxy) is 1. The van der Waals surface area contributed by atoms with Crippen molar-refractivity contribution < 1.29 is 27.9 Å². The zero-order valence-electron chi connectivity index (χ0n) is 14.2. The third-order valence-corrected chi connectivity index (χ3v) is 6.26. The van der Waals surface area contributed by atoms with Crippen LogP contribution in [-0.2, 0) is 24.3 Å². The molecule has 1 aromatic rings. The van der Waals surface area contributed by atoms with Crippen molar-refractivity contribution in [3.8, 4) is 0 Å². The lowest BCUT2D eigenvalue weighted by molar-refractivity contribution is -0.149. The van der Waals surface area contributed by atoms with E-state index in [-0.39, 0.29) is 24.6 Å². The predicted octanol–water partition coefficient (Wildman–Crippen LogP) is 0.369. The van der Waals surface area contributed by atoms with Crippen molar-refractivity contribution in [3.63, 3.8) is 0 Å². The fourth-order valence-electron chi connectivity index (χ4n) is 3.45. The first-order valence-corrected chi connectivity index (χ1v) is 10.2. The highest BCUT2D eigenvalue weighted by Gasteiger charge is 2.41. The lowest BCUT2D eigenvalue weighted by Gasteiger charge is -2.25. The summed E-state index contributed by atoms with van der Waals surface area (Å²) in [6.45, 7) is 1.14. The zero-order chi connectivity index (χ0) is 18.7. The molecule has 3 atom stereocenters. The minimum atomic E-state index is -3.64. The molecule has 2 saturated heterocycles. The predicted molar refractivity (Wildman–Crippen MR) is 92.8 cm³/mol. The number of amides is 1. The van der Waals surface area contributed by atoms with Gasteiger partial charge in [0.05, 0.1) is 12.4 Å². The second-order valence-corrected chi connectivity index (χ2v) is 8.45. The number of aliphatic carboxylic acids is 1. The average molecular weight is 382 g/mol.